The highest BCUT2D eigenvalue weighted by molar-refractivity contribution is 6.05. The molecule has 1 aromatic carbocycles. The number of imide groups is 1. The lowest BCUT2D eigenvalue weighted by molar-refractivity contribution is -0.136. The summed E-state index contributed by atoms with van der Waals surface area (Å²) in [4.78, 5) is 55.7. The lowest BCUT2D eigenvalue weighted by Crippen LogP contribution is -2.52. The Bertz CT molecular complexity index is 1330. The second kappa shape index (κ2) is 14.4. The predicted octanol–water partition coefficient (Wildman–Crippen LogP) is 4.45. The van der Waals surface area contributed by atoms with E-state index in [2.05, 4.69) is 27.2 Å². The summed E-state index contributed by atoms with van der Waals surface area (Å²) < 4.78 is 11.5. The van der Waals surface area contributed by atoms with Crippen molar-refractivity contribution < 1.29 is 28.7 Å². The van der Waals surface area contributed by atoms with Crippen LogP contribution in [-0.2, 0) is 25.6 Å². The van der Waals surface area contributed by atoms with Crippen LogP contribution in [0.5, 0.6) is 0 Å². The molecule has 0 bridgehead atoms. The second-order valence-electron chi connectivity index (χ2n) is 12.1. The summed E-state index contributed by atoms with van der Waals surface area (Å²) in [5, 5.41) is 6.14. The summed E-state index contributed by atoms with van der Waals surface area (Å²) in [6.07, 6.45) is 4.54. The number of azide groups is 1. The molecule has 2 fully saturated rings. The monoisotopic (exact) mass is 592 g/mol. The highest BCUT2D eigenvalue weighted by Crippen LogP contribution is 2.29. The molecular weight excluding hydrogens is 552 g/mol. The Kier molecular flexibility index (Phi) is 10.7. The van der Waals surface area contributed by atoms with Crippen LogP contribution in [0.25, 0.3) is 10.4 Å². The van der Waals surface area contributed by atoms with Gasteiger partial charge in [0.2, 0.25) is 11.8 Å². The van der Waals surface area contributed by atoms with Gasteiger partial charge in [0.05, 0.1) is 6.61 Å². The number of benzene rings is 1. The average Bonchev–Trinajstić information content (AvgIpc) is 3.27. The molecule has 12 heteroatoms. The van der Waals surface area contributed by atoms with Crippen LogP contribution in [0.2, 0.25) is 0 Å². The Hall–Kier alpha value is -4.07. The van der Waals surface area contributed by atoms with Gasteiger partial charge < -0.3 is 19.3 Å². The topological polar surface area (TPSA) is 154 Å². The Balaban J connectivity index is 1.21. The van der Waals surface area contributed by atoms with Crippen molar-refractivity contribution in [3.8, 4) is 11.8 Å². The van der Waals surface area contributed by atoms with Crippen molar-refractivity contribution >= 4 is 23.8 Å². The van der Waals surface area contributed by atoms with E-state index in [-0.39, 0.29) is 36.4 Å². The van der Waals surface area contributed by atoms with Crippen LogP contribution in [0.15, 0.2) is 23.3 Å². The van der Waals surface area contributed by atoms with Crippen LogP contribution in [0.3, 0.4) is 0 Å². The molecule has 0 spiro atoms. The number of carbonyl (C=O) groups excluding carboxylic acids is 4. The molecular formula is C31H40N6O6. The van der Waals surface area contributed by atoms with E-state index in [1.807, 2.05) is 26.8 Å². The van der Waals surface area contributed by atoms with E-state index in [9.17, 15) is 19.2 Å². The van der Waals surface area contributed by atoms with Gasteiger partial charge in [-0.25, -0.2) is 4.79 Å². The summed E-state index contributed by atoms with van der Waals surface area (Å²) in [6, 6.07) is 4.80. The normalized spacial score (nSPS) is 21.7. The number of piperidine rings is 1. The lowest BCUT2D eigenvalue weighted by Gasteiger charge is -2.36. The smallest absolute Gasteiger partial charge is 0.410 e. The zero-order valence-electron chi connectivity index (χ0n) is 25.1. The number of nitrogens with one attached hydrogen (secondary N) is 1. The molecule has 230 valence electrons. The van der Waals surface area contributed by atoms with Crippen LogP contribution < -0.4 is 5.32 Å². The summed E-state index contributed by atoms with van der Waals surface area (Å²) in [5.41, 5.74) is 10.3. The number of amides is 4. The van der Waals surface area contributed by atoms with Crippen molar-refractivity contribution in [1.29, 1.82) is 0 Å². The molecule has 1 unspecified atom stereocenters. The second-order valence-corrected chi connectivity index (χ2v) is 12.1. The van der Waals surface area contributed by atoms with Crippen molar-refractivity contribution in [1.82, 2.24) is 15.1 Å². The Morgan fingerprint density at radius 2 is 1.93 bits per heavy atom. The molecule has 1 saturated carbocycles. The zero-order chi connectivity index (χ0) is 31.0. The van der Waals surface area contributed by atoms with E-state index in [0.29, 0.717) is 44.7 Å². The minimum Gasteiger partial charge on any atom is -0.444 e. The number of unbranched alkanes of at least 4 members (excludes halogenated alkanes) is 1. The summed E-state index contributed by atoms with van der Waals surface area (Å²) in [5.74, 6) is 5.36. The van der Waals surface area contributed by atoms with Crippen molar-refractivity contribution in [3.05, 3.63) is 45.3 Å². The first-order valence-corrected chi connectivity index (χ1v) is 14.9. The number of nitrogens with zero attached hydrogens (tertiary/aromatic N) is 5. The Morgan fingerprint density at radius 1 is 1.16 bits per heavy atom. The molecule has 3 aliphatic rings. The van der Waals surface area contributed by atoms with Gasteiger partial charge in [0.1, 0.15) is 11.6 Å². The Labute approximate surface area is 252 Å². The van der Waals surface area contributed by atoms with E-state index >= 15 is 0 Å². The third-order valence-corrected chi connectivity index (χ3v) is 7.77. The van der Waals surface area contributed by atoms with Gasteiger partial charge in [0.15, 0.2) is 0 Å². The number of rotatable bonds is 9. The molecule has 1 saturated heterocycles. The van der Waals surface area contributed by atoms with Crippen molar-refractivity contribution in [2.24, 2.45) is 5.11 Å². The molecule has 43 heavy (non-hydrogen) atoms. The van der Waals surface area contributed by atoms with E-state index in [1.54, 1.807) is 17.0 Å². The molecule has 1 aliphatic carbocycles. The third-order valence-electron chi connectivity index (χ3n) is 7.77. The minimum atomic E-state index is -0.637. The summed E-state index contributed by atoms with van der Waals surface area (Å²) >= 11 is 0. The molecule has 1 N–H and O–H groups in total. The molecule has 12 nitrogen and oxygen atoms in total. The highest BCUT2D eigenvalue weighted by atomic mass is 16.6. The Morgan fingerprint density at radius 3 is 2.63 bits per heavy atom. The molecule has 1 aromatic rings. The first kappa shape index (κ1) is 31.9. The van der Waals surface area contributed by atoms with E-state index in [1.165, 1.54) is 4.90 Å². The fourth-order valence-electron chi connectivity index (χ4n) is 5.65. The molecule has 0 radical (unpaired) electrons. The van der Waals surface area contributed by atoms with Gasteiger partial charge in [-0.3, -0.25) is 19.7 Å². The van der Waals surface area contributed by atoms with Crippen molar-refractivity contribution in [2.75, 3.05) is 19.8 Å². The van der Waals surface area contributed by atoms with Gasteiger partial charge in [-0.05, 0) is 88.6 Å². The fourth-order valence-corrected chi connectivity index (χ4v) is 5.65. The molecule has 4 amide bonds. The zero-order valence-corrected chi connectivity index (χ0v) is 25.1. The number of ether oxygens (including phenoxy) is 2. The van der Waals surface area contributed by atoms with Crippen molar-refractivity contribution in [3.63, 3.8) is 0 Å². The maximum absolute atomic E-state index is 12.9. The molecule has 2 heterocycles. The number of fused-ring (bicyclic) bond motifs is 1. The van der Waals surface area contributed by atoms with Crippen LogP contribution in [-0.4, -0.2) is 77.1 Å². The first-order chi connectivity index (χ1) is 20.6. The van der Waals surface area contributed by atoms with Gasteiger partial charge in [0.25, 0.3) is 5.91 Å². The molecule has 4 rings (SSSR count). The maximum Gasteiger partial charge on any atom is 0.410 e. The predicted molar refractivity (Wildman–Crippen MR) is 158 cm³/mol. The quantitative estimate of drug-likeness (QED) is 0.112. The average molecular weight is 593 g/mol. The molecule has 0 aromatic heterocycles. The van der Waals surface area contributed by atoms with E-state index < -0.39 is 17.6 Å². The fraction of sp³-hybridized carbons (Fsp3) is 0.613. The van der Waals surface area contributed by atoms with Gasteiger partial charge >= 0.3 is 6.09 Å². The van der Waals surface area contributed by atoms with Gasteiger partial charge in [-0.1, -0.05) is 17.0 Å². The van der Waals surface area contributed by atoms with Crippen LogP contribution in [0.1, 0.15) is 93.6 Å². The first-order valence-electron chi connectivity index (χ1n) is 14.9. The van der Waals surface area contributed by atoms with Crippen LogP contribution in [0, 0.1) is 11.8 Å². The van der Waals surface area contributed by atoms with Crippen molar-refractivity contribution in [2.45, 2.75) is 102 Å². The third kappa shape index (κ3) is 8.72. The molecule has 1 atom stereocenters. The lowest BCUT2D eigenvalue weighted by atomic mass is 9.91. The highest BCUT2D eigenvalue weighted by Gasteiger charge is 2.39. The number of hydrogen-bond acceptors (Lipinski definition) is 7. The summed E-state index contributed by atoms with van der Waals surface area (Å²) in [7, 11) is 0. The van der Waals surface area contributed by atoms with Gasteiger partial charge in [0, 0.05) is 60.7 Å². The number of hydrogen-bond donors (Lipinski definition) is 1. The number of carbonyl (C=O) groups is 4. The van der Waals surface area contributed by atoms with Gasteiger partial charge in [-0.15, -0.1) is 0 Å². The van der Waals surface area contributed by atoms with Gasteiger partial charge in [-0.2, -0.15) is 0 Å². The largest absolute Gasteiger partial charge is 0.444 e. The summed E-state index contributed by atoms with van der Waals surface area (Å²) in [6.45, 7) is 7.15. The minimum absolute atomic E-state index is 0.0215. The van der Waals surface area contributed by atoms with Crippen LogP contribution in [0.4, 0.5) is 4.79 Å². The van der Waals surface area contributed by atoms with E-state index in [0.717, 1.165) is 43.2 Å². The molecule has 2 aliphatic heterocycles. The maximum atomic E-state index is 12.9. The standard InChI is InChI=1S/C31H40N6O6/c1-31(2,3)43-30(41)36(24-11-9-23(10-12-24)34-35-32)16-18-42-17-6-4-5-7-21-8-13-25-22(19-21)20-37(29(25)40)26-14-15-27(38)33-28(26)39/h8,13,19,23-24,26H,4,6,9-12,14-18,20H2,1-3H3,(H,33,38,39). The SMILES string of the molecule is CC(C)(C)OC(=O)N(CCOCCCC#Cc1ccc2c(c1)CN(C1CCC(=O)NC1=O)C2=O)C1CCC(N=[N+]=[N-])CC1. The van der Waals surface area contributed by atoms with Crippen LogP contribution >= 0.6 is 0 Å². The van der Waals surface area contributed by atoms with E-state index in [4.69, 9.17) is 15.0 Å².